The van der Waals surface area contributed by atoms with Gasteiger partial charge in [0.25, 0.3) is 0 Å². The number of fused-ring (bicyclic) bond motifs is 6. The van der Waals surface area contributed by atoms with Gasteiger partial charge in [-0.3, -0.25) is 0 Å². The quantitative estimate of drug-likeness (QED) is 0.324. The van der Waals surface area contributed by atoms with Gasteiger partial charge in [0, 0.05) is 17.7 Å². The monoisotopic (exact) mass is 294 g/mol. The number of rotatable bonds is 1. The van der Waals surface area contributed by atoms with E-state index in [9.17, 15) is 0 Å². The van der Waals surface area contributed by atoms with E-state index in [-0.39, 0.29) is 0 Å². The lowest BCUT2D eigenvalue weighted by Crippen LogP contribution is -2.01. The molecular weight excluding hydrogens is 278 g/mol. The fraction of sp³-hybridized carbons (Fsp3) is 0.0455. The number of para-hydroxylation sites is 1. The molecule has 1 aliphatic rings. The molecule has 0 amide bonds. The molecule has 0 aromatic heterocycles. The Morgan fingerprint density at radius 3 is 1.87 bits per heavy atom. The van der Waals surface area contributed by atoms with Gasteiger partial charge >= 0.3 is 0 Å². The van der Waals surface area contributed by atoms with Crippen LogP contribution in [0.25, 0.3) is 21.5 Å². The van der Waals surface area contributed by atoms with Crippen molar-refractivity contribution in [3.63, 3.8) is 0 Å². The summed E-state index contributed by atoms with van der Waals surface area (Å²) < 4.78 is 2.35. The van der Waals surface area contributed by atoms with E-state index >= 15 is 0 Å². The molecule has 0 atom stereocenters. The molecule has 23 heavy (non-hydrogen) atoms. The number of nitrogens with zero attached hydrogens (tertiary/aromatic N) is 1. The Balaban J connectivity index is 1.93. The molecule has 0 unspecified atom stereocenters. The molecule has 0 bridgehead atoms. The van der Waals surface area contributed by atoms with Gasteiger partial charge < -0.3 is 0 Å². The smallest absolute Gasteiger partial charge is 0.163 e. The van der Waals surface area contributed by atoms with Crippen LogP contribution in [0.4, 0.5) is 11.4 Å². The summed E-state index contributed by atoms with van der Waals surface area (Å²) in [6.07, 6.45) is 3.29. The van der Waals surface area contributed by atoms with Crippen LogP contribution >= 0.6 is 0 Å². The average Bonchev–Trinajstić information content (AvgIpc) is 3.08. The van der Waals surface area contributed by atoms with E-state index in [2.05, 4.69) is 89.7 Å². The zero-order chi connectivity index (χ0) is 15.2. The Morgan fingerprint density at radius 1 is 0.565 bits per heavy atom. The Bertz CT molecular complexity index is 1080. The predicted octanol–water partition coefficient (Wildman–Crippen LogP) is 5.45. The Labute approximate surface area is 135 Å². The van der Waals surface area contributed by atoms with Crippen LogP contribution in [-0.4, -0.2) is 6.21 Å². The van der Waals surface area contributed by atoms with Gasteiger partial charge in [0.15, 0.2) is 6.21 Å². The number of hydrogen-bond acceptors (Lipinski definition) is 0. The Kier molecular flexibility index (Phi) is 2.62. The van der Waals surface area contributed by atoms with Gasteiger partial charge in [-0.1, -0.05) is 60.7 Å². The van der Waals surface area contributed by atoms with E-state index in [1.807, 2.05) is 0 Å². The topological polar surface area (TPSA) is 3.01 Å². The third-order valence-corrected chi connectivity index (χ3v) is 4.76. The van der Waals surface area contributed by atoms with Gasteiger partial charge in [-0.05, 0) is 22.2 Å². The summed E-state index contributed by atoms with van der Waals surface area (Å²) >= 11 is 0. The van der Waals surface area contributed by atoms with Crippen molar-refractivity contribution in [2.75, 3.05) is 0 Å². The molecule has 0 spiro atoms. The highest BCUT2D eigenvalue weighted by Gasteiger charge is 2.28. The molecule has 1 aliphatic heterocycles. The van der Waals surface area contributed by atoms with Crippen LogP contribution in [0.1, 0.15) is 5.56 Å². The Hall–Kier alpha value is -2.93. The van der Waals surface area contributed by atoms with Crippen LogP contribution in [0.5, 0.6) is 0 Å². The lowest BCUT2D eigenvalue weighted by Gasteiger charge is -2.09. The van der Waals surface area contributed by atoms with Crippen molar-refractivity contribution < 1.29 is 0 Å². The summed E-state index contributed by atoms with van der Waals surface area (Å²) in [4.78, 5) is 0. The SMILES string of the molecule is C1=[N+](c2ccccc2)c2c(c3ccccc3c3ccccc23)C1. The normalized spacial score (nSPS) is 13.3. The lowest BCUT2D eigenvalue weighted by atomic mass is 9.95. The van der Waals surface area contributed by atoms with Gasteiger partial charge in [0.05, 0.1) is 11.8 Å². The standard InChI is InChI=1S/C22H16N/c1-2-8-16(9-3-1)23-15-14-21-19-12-5-4-10-17(19)18-11-6-7-13-20(18)22(21)23/h1-13,15H,14H2/q+1. The molecule has 0 saturated heterocycles. The fourth-order valence-corrected chi connectivity index (χ4v) is 3.77. The molecule has 0 fully saturated rings. The summed E-state index contributed by atoms with van der Waals surface area (Å²) in [5.41, 5.74) is 4.00. The predicted molar refractivity (Wildman–Crippen MR) is 99.1 cm³/mol. The highest BCUT2D eigenvalue weighted by molar-refractivity contribution is 6.17. The van der Waals surface area contributed by atoms with Gasteiger partial charge in [-0.25, -0.2) is 0 Å². The molecule has 1 nitrogen and oxygen atoms in total. The molecule has 4 aromatic rings. The molecule has 0 N–H and O–H groups in total. The molecule has 4 aromatic carbocycles. The van der Waals surface area contributed by atoms with E-state index in [4.69, 9.17) is 0 Å². The number of benzene rings is 4. The molecule has 5 rings (SSSR count). The van der Waals surface area contributed by atoms with Gasteiger partial charge in [-0.2, -0.15) is 4.58 Å². The first-order chi connectivity index (χ1) is 11.4. The first kappa shape index (κ1) is 12.6. The second-order valence-electron chi connectivity index (χ2n) is 6.01. The third-order valence-electron chi connectivity index (χ3n) is 4.76. The second-order valence-corrected chi connectivity index (χ2v) is 6.01. The zero-order valence-electron chi connectivity index (χ0n) is 12.7. The number of hydrogen-bond donors (Lipinski definition) is 0. The molecule has 0 aliphatic carbocycles. The van der Waals surface area contributed by atoms with E-state index in [0.29, 0.717) is 0 Å². The van der Waals surface area contributed by atoms with E-state index in [0.717, 1.165) is 6.42 Å². The van der Waals surface area contributed by atoms with Gasteiger partial charge in [0.1, 0.15) is 0 Å². The van der Waals surface area contributed by atoms with Crippen LogP contribution in [0, 0.1) is 0 Å². The maximum Gasteiger partial charge on any atom is 0.223 e. The van der Waals surface area contributed by atoms with Crippen molar-refractivity contribution in [2.24, 2.45) is 0 Å². The average molecular weight is 294 g/mol. The third kappa shape index (κ3) is 1.77. The van der Waals surface area contributed by atoms with Crippen LogP contribution in [0.3, 0.4) is 0 Å². The van der Waals surface area contributed by atoms with Crippen LogP contribution in [-0.2, 0) is 6.42 Å². The minimum absolute atomic E-state index is 0.982. The minimum Gasteiger partial charge on any atom is -0.163 e. The molecule has 0 saturated carbocycles. The molecule has 1 heterocycles. The molecule has 108 valence electrons. The first-order valence-corrected chi connectivity index (χ1v) is 8.03. The van der Waals surface area contributed by atoms with E-state index in [1.165, 1.54) is 38.5 Å². The Morgan fingerprint density at radius 2 is 1.13 bits per heavy atom. The van der Waals surface area contributed by atoms with Crippen molar-refractivity contribution in [3.05, 3.63) is 84.4 Å². The van der Waals surface area contributed by atoms with Crippen LogP contribution in [0.15, 0.2) is 78.9 Å². The second kappa shape index (κ2) is 4.79. The van der Waals surface area contributed by atoms with Crippen molar-refractivity contribution in [1.29, 1.82) is 0 Å². The summed E-state index contributed by atoms with van der Waals surface area (Å²) in [5.74, 6) is 0. The summed E-state index contributed by atoms with van der Waals surface area (Å²) in [5, 5.41) is 5.39. The maximum atomic E-state index is 2.35. The van der Waals surface area contributed by atoms with Crippen molar-refractivity contribution in [1.82, 2.24) is 4.58 Å². The maximum absolute atomic E-state index is 2.35. The van der Waals surface area contributed by atoms with Crippen LogP contribution < -0.4 is 4.58 Å². The first-order valence-electron chi connectivity index (χ1n) is 8.03. The highest BCUT2D eigenvalue weighted by atomic mass is 15.0. The molecule has 0 radical (unpaired) electrons. The minimum atomic E-state index is 0.982. The van der Waals surface area contributed by atoms with E-state index in [1.54, 1.807) is 0 Å². The molecular formula is C22H16N+. The van der Waals surface area contributed by atoms with Crippen molar-refractivity contribution in [2.45, 2.75) is 6.42 Å². The summed E-state index contributed by atoms with van der Waals surface area (Å²) in [7, 11) is 0. The summed E-state index contributed by atoms with van der Waals surface area (Å²) in [6.45, 7) is 0. The lowest BCUT2D eigenvalue weighted by molar-refractivity contribution is 1.13. The zero-order valence-corrected chi connectivity index (χ0v) is 12.7. The van der Waals surface area contributed by atoms with Crippen molar-refractivity contribution >= 4 is 39.1 Å². The van der Waals surface area contributed by atoms with Crippen LogP contribution in [0.2, 0.25) is 0 Å². The van der Waals surface area contributed by atoms with Gasteiger partial charge in [0.2, 0.25) is 11.4 Å². The van der Waals surface area contributed by atoms with Crippen molar-refractivity contribution in [3.8, 4) is 0 Å². The molecule has 1 heteroatoms. The largest absolute Gasteiger partial charge is 0.223 e. The van der Waals surface area contributed by atoms with Gasteiger partial charge in [-0.15, -0.1) is 0 Å². The fourth-order valence-electron chi connectivity index (χ4n) is 3.77. The van der Waals surface area contributed by atoms with E-state index < -0.39 is 0 Å². The highest BCUT2D eigenvalue weighted by Crippen LogP contribution is 2.41. The summed E-state index contributed by atoms with van der Waals surface area (Å²) in [6, 6.07) is 28.1.